The summed E-state index contributed by atoms with van der Waals surface area (Å²) in [5, 5.41) is 12.6. The van der Waals surface area contributed by atoms with Crippen molar-refractivity contribution in [3.63, 3.8) is 0 Å². The van der Waals surface area contributed by atoms with E-state index in [1.807, 2.05) is 0 Å². The molecule has 3 heterocycles. The molecule has 3 aromatic rings. The van der Waals surface area contributed by atoms with Crippen molar-refractivity contribution in [1.82, 2.24) is 9.47 Å². The monoisotopic (exact) mass is 439 g/mol. The van der Waals surface area contributed by atoms with E-state index in [4.69, 9.17) is 9.47 Å². The topological polar surface area (TPSA) is 93.0 Å². The number of benzene rings is 2. The Kier molecular flexibility index (Phi) is 5.28. The number of morpholine rings is 1. The van der Waals surface area contributed by atoms with E-state index in [0.29, 0.717) is 23.5 Å². The SMILES string of the molecule is O=C(O)c1cn2c3c(c(NCCCN4CCOCC4)c(F)cc3c1=O)Oc1ccccc1-2. The van der Waals surface area contributed by atoms with Gasteiger partial charge < -0.3 is 24.5 Å². The lowest BCUT2D eigenvalue weighted by Gasteiger charge is -2.27. The lowest BCUT2D eigenvalue weighted by Crippen LogP contribution is -2.37. The van der Waals surface area contributed by atoms with Crippen molar-refractivity contribution in [2.45, 2.75) is 6.42 Å². The summed E-state index contributed by atoms with van der Waals surface area (Å²) in [7, 11) is 0. The number of rotatable bonds is 6. The number of carbonyl (C=O) groups is 1. The van der Waals surface area contributed by atoms with E-state index in [-0.39, 0.29) is 16.8 Å². The van der Waals surface area contributed by atoms with E-state index in [9.17, 15) is 14.7 Å². The third kappa shape index (κ3) is 3.49. The number of aromatic nitrogens is 1. The van der Waals surface area contributed by atoms with Crippen LogP contribution in [0.25, 0.3) is 16.6 Å². The summed E-state index contributed by atoms with van der Waals surface area (Å²) >= 11 is 0. The zero-order valence-electron chi connectivity index (χ0n) is 17.3. The molecule has 166 valence electrons. The molecular weight excluding hydrogens is 417 g/mol. The molecular formula is C23H22FN3O5. The van der Waals surface area contributed by atoms with Crippen LogP contribution in [-0.4, -0.2) is 59.9 Å². The second-order valence-electron chi connectivity index (χ2n) is 7.81. The first-order chi connectivity index (χ1) is 15.5. The number of nitrogens with one attached hydrogen (secondary N) is 1. The van der Waals surface area contributed by atoms with Crippen molar-refractivity contribution in [2.24, 2.45) is 0 Å². The Bertz CT molecular complexity index is 1270. The molecule has 5 rings (SSSR count). The van der Waals surface area contributed by atoms with Crippen LogP contribution in [0.1, 0.15) is 16.8 Å². The van der Waals surface area contributed by atoms with Crippen molar-refractivity contribution in [3.05, 3.63) is 58.1 Å². The molecule has 1 fully saturated rings. The fourth-order valence-electron chi connectivity index (χ4n) is 4.23. The molecule has 1 saturated heterocycles. The lowest BCUT2D eigenvalue weighted by atomic mass is 10.1. The Morgan fingerprint density at radius 3 is 2.78 bits per heavy atom. The Morgan fingerprint density at radius 1 is 1.22 bits per heavy atom. The van der Waals surface area contributed by atoms with Crippen LogP contribution in [0, 0.1) is 5.82 Å². The van der Waals surface area contributed by atoms with Gasteiger partial charge in [0.2, 0.25) is 5.43 Å². The highest BCUT2D eigenvalue weighted by Crippen LogP contribution is 2.44. The highest BCUT2D eigenvalue weighted by molar-refractivity contribution is 5.98. The largest absolute Gasteiger partial charge is 0.477 e. The van der Waals surface area contributed by atoms with Gasteiger partial charge in [0.05, 0.1) is 24.3 Å². The molecule has 0 bridgehead atoms. The average Bonchev–Trinajstić information content (AvgIpc) is 2.80. The molecule has 0 amide bonds. The normalized spacial score (nSPS) is 15.3. The maximum absolute atomic E-state index is 15.1. The third-order valence-electron chi connectivity index (χ3n) is 5.82. The van der Waals surface area contributed by atoms with Gasteiger partial charge in [-0.1, -0.05) is 12.1 Å². The smallest absolute Gasteiger partial charge is 0.341 e. The second-order valence-corrected chi connectivity index (χ2v) is 7.81. The van der Waals surface area contributed by atoms with Crippen molar-refractivity contribution >= 4 is 22.6 Å². The van der Waals surface area contributed by atoms with E-state index in [1.165, 1.54) is 6.20 Å². The van der Waals surface area contributed by atoms with Gasteiger partial charge >= 0.3 is 5.97 Å². The molecule has 8 nitrogen and oxygen atoms in total. The summed E-state index contributed by atoms with van der Waals surface area (Å²) in [5.74, 6) is -1.40. The van der Waals surface area contributed by atoms with Crippen LogP contribution in [-0.2, 0) is 4.74 Å². The molecule has 0 radical (unpaired) electrons. The molecule has 0 aliphatic carbocycles. The summed E-state index contributed by atoms with van der Waals surface area (Å²) in [6, 6.07) is 8.12. The Balaban J connectivity index is 1.55. The van der Waals surface area contributed by atoms with E-state index >= 15 is 4.39 Å². The summed E-state index contributed by atoms with van der Waals surface area (Å²) < 4.78 is 28.1. The van der Waals surface area contributed by atoms with Crippen LogP contribution in [0.4, 0.5) is 10.1 Å². The van der Waals surface area contributed by atoms with E-state index in [0.717, 1.165) is 45.3 Å². The van der Waals surface area contributed by atoms with Crippen molar-refractivity contribution < 1.29 is 23.8 Å². The van der Waals surface area contributed by atoms with Crippen LogP contribution < -0.4 is 15.5 Å². The standard InChI is InChI=1S/C23H22FN3O5/c24-16-12-14-20-22(19(16)25-6-3-7-26-8-10-31-11-9-26)32-18-5-2-1-4-17(18)27(20)13-15(21(14)28)23(29)30/h1-2,4-5,12-13,25H,3,6-11H2,(H,29,30). The van der Waals surface area contributed by atoms with Crippen LogP contribution in [0.2, 0.25) is 0 Å². The number of para-hydroxylation sites is 2. The third-order valence-corrected chi connectivity index (χ3v) is 5.82. The number of carboxylic acids is 1. The minimum absolute atomic E-state index is 0.0363. The van der Waals surface area contributed by atoms with Gasteiger partial charge in [0.1, 0.15) is 16.8 Å². The fourth-order valence-corrected chi connectivity index (χ4v) is 4.23. The lowest BCUT2D eigenvalue weighted by molar-refractivity contribution is 0.0378. The number of hydrogen-bond donors (Lipinski definition) is 2. The molecule has 2 aliphatic rings. The zero-order chi connectivity index (χ0) is 22.2. The summed E-state index contributed by atoms with van der Waals surface area (Å²) in [6.45, 7) is 4.58. The molecule has 0 saturated carbocycles. The van der Waals surface area contributed by atoms with Crippen LogP contribution in [0.15, 0.2) is 41.3 Å². The van der Waals surface area contributed by atoms with Crippen molar-refractivity contribution in [2.75, 3.05) is 44.7 Å². The molecule has 2 aliphatic heterocycles. The van der Waals surface area contributed by atoms with Gasteiger partial charge in [-0.2, -0.15) is 0 Å². The van der Waals surface area contributed by atoms with Crippen molar-refractivity contribution in [1.29, 1.82) is 0 Å². The molecule has 9 heteroatoms. The number of hydrogen-bond acceptors (Lipinski definition) is 6. The Labute approximate surface area is 182 Å². The second kappa shape index (κ2) is 8.25. The quantitative estimate of drug-likeness (QED) is 0.446. The van der Waals surface area contributed by atoms with Gasteiger partial charge in [0.25, 0.3) is 0 Å². The highest BCUT2D eigenvalue weighted by atomic mass is 19.1. The molecule has 1 aromatic heterocycles. The number of ether oxygens (including phenoxy) is 2. The van der Waals surface area contributed by atoms with E-state index in [1.54, 1.807) is 28.8 Å². The maximum atomic E-state index is 15.1. The fraction of sp³-hybridized carbons (Fsp3) is 0.304. The average molecular weight is 439 g/mol. The Hall–Kier alpha value is -3.43. The number of fused-ring (bicyclic) bond motifs is 2. The van der Waals surface area contributed by atoms with Gasteiger partial charge in [-0.3, -0.25) is 9.69 Å². The molecule has 2 N–H and O–H groups in total. The number of aromatic carboxylic acids is 1. The van der Waals surface area contributed by atoms with Gasteiger partial charge in [0.15, 0.2) is 17.3 Å². The minimum atomic E-state index is -1.36. The van der Waals surface area contributed by atoms with E-state index < -0.39 is 22.8 Å². The van der Waals surface area contributed by atoms with Gasteiger partial charge in [-0.15, -0.1) is 0 Å². The van der Waals surface area contributed by atoms with Crippen LogP contribution in [0.3, 0.4) is 0 Å². The Morgan fingerprint density at radius 2 is 2.00 bits per heavy atom. The first kappa shape index (κ1) is 20.5. The molecule has 2 aromatic carbocycles. The number of carboxylic acid groups (broad SMARTS) is 1. The first-order valence-electron chi connectivity index (χ1n) is 10.5. The summed E-state index contributed by atoms with van der Waals surface area (Å²) in [4.78, 5) is 26.7. The number of halogens is 1. The minimum Gasteiger partial charge on any atom is -0.477 e. The first-order valence-corrected chi connectivity index (χ1v) is 10.5. The highest BCUT2D eigenvalue weighted by Gasteiger charge is 2.28. The van der Waals surface area contributed by atoms with Gasteiger partial charge in [-0.05, 0) is 31.2 Å². The molecule has 0 unspecified atom stereocenters. The van der Waals surface area contributed by atoms with Crippen LogP contribution >= 0.6 is 0 Å². The number of nitrogens with zero attached hydrogens (tertiary/aromatic N) is 2. The zero-order valence-corrected chi connectivity index (χ0v) is 17.3. The molecule has 0 atom stereocenters. The molecule has 0 spiro atoms. The number of pyridine rings is 1. The van der Waals surface area contributed by atoms with Gasteiger partial charge in [0, 0.05) is 25.8 Å². The van der Waals surface area contributed by atoms with Crippen molar-refractivity contribution in [3.8, 4) is 17.2 Å². The predicted octanol–water partition coefficient (Wildman–Crippen LogP) is 3.07. The summed E-state index contributed by atoms with van der Waals surface area (Å²) in [5.41, 5.74) is -0.0881. The number of anilines is 1. The summed E-state index contributed by atoms with van der Waals surface area (Å²) in [6.07, 6.45) is 2.07. The van der Waals surface area contributed by atoms with E-state index in [2.05, 4.69) is 10.2 Å². The van der Waals surface area contributed by atoms with Crippen LogP contribution in [0.5, 0.6) is 11.5 Å². The maximum Gasteiger partial charge on any atom is 0.341 e. The molecule has 32 heavy (non-hydrogen) atoms. The predicted molar refractivity (Wildman–Crippen MR) is 117 cm³/mol. The van der Waals surface area contributed by atoms with Gasteiger partial charge in [-0.25, -0.2) is 9.18 Å².